The van der Waals surface area contributed by atoms with Gasteiger partial charge in [-0.1, -0.05) is 12.1 Å². The van der Waals surface area contributed by atoms with Crippen LogP contribution in [0.15, 0.2) is 48.8 Å². The standard InChI is InChI=1S/C18H14FN5O5/c19-15-5-4-12(7-20-15)11-2-1-3-13(6-11)21-18(25)29-14-8-23-9-16(24(26)27)22-17(23)28-10-14/h1-7,9,14H,8,10H2,(H,21,25)/t14-/m0/s1. The molecule has 0 fully saturated rings. The molecule has 1 amide bonds. The Hall–Kier alpha value is -4.02. The molecule has 1 aromatic carbocycles. The van der Waals surface area contributed by atoms with Gasteiger partial charge in [0.2, 0.25) is 5.95 Å². The molecule has 0 saturated carbocycles. The number of carbonyl (C=O) groups excluding carboxylic acids is 1. The van der Waals surface area contributed by atoms with Gasteiger partial charge in [0.05, 0.1) is 6.54 Å². The summed E-state index contributed by atoms with van der Waals surface area (Å²) >= 11 is 0. The number of rotatable bonds is 4. The van der Waals surface area contributed by atoms with Crippen LogP contribution in [0.25, 0.3) is 11.1 Å². The predicted octanol–water partition coefficient (Wildman–Crippen LogP) is 3.00. The third-order valence-electron chi connectivity index (χ3n) is 4.16. The zero-order valence-electron chi connectivity index (χ0n) is 14.8. The van der Waals surface area contributed by atoms with Gasteiger partial charge in [-0.25, -0.2) is 9.78 Å². The van der Waals surface area contributed by atoms with Crippen LogP contribution in [0.2, 0.25) is 0 Å². The minimum Gasteiger partial charge on any atom is -0.442 e. The summed E-state index contributed by atoms with van der Waals surface area (Å²) in [5.41, 5.74) is 1.91. The van der Waals surface area contributed by atoms with Crippen LogP contribution >= 0.6 is 0 Å². The minimum atomic E-state index is -0.703. The topological polar surface area (TPSA) is 121 Å². The highest BCUT2D eigenvalue weighted by Crippen LogP contribution is 2.24. The fraction of sp³-hybridized carbons (Fsp3) is 0.167. The maximum absolute atomic E-state index is 13.0. The Labute approximate surface area is 163 Å². The van der Waals surface area contributed by atoms with E-state index in [1.165, 1.54) is 23.0 Å². The molecule has 29 heavy (non-hydrogen) atoms. The first-order valence-electron chi connectivity index (χ1n) is 8.52. The number of pyridine rings is 1. The first-order chi connectivity index (χ1) is 14.0. The molecule has 1 aliphatic rings. The molecular formula is C18H14FN5O5. The van der Waals surface area contributed by atoms with Gasteiger partial charge < -0.3 is 19.6 Å². The summed E-state index contributed by atoms with van der Waals surface area (Å²) in [5.74, 6) is -0.912. The number of imidazole rings is 1. The smallest absolute Gasteiger partial charge is 0.414 e. The van der Waals surface area contributed by atoms with E-state index in [1.54, 1.807) is 30.3 Å². The van der Waals surface area contributed by atoms with Crippen molar-refractivity contribution in [2.75, 3.05) is 11.9 Å². The van der Waals surface area contributed by atoms with Gasteiger partial charge in [0.25, 0.3) is 0 Å². The van der Waals surface area contributed by atoms with Gasteiger partial charge >= 0.3 is 17.9 Å². The van der Waals surface area contributed by atoms with Crippen LogP contribution < -0.4 is 10.1 Å². The molecule has 0 saturated heterocycles. The van der Waals surface area contributed by atoms with Crippen molar-refractivity contribution >= 4 is 17.6 Å². The SMILES string of the molecule is O=C(Nc1cccc(-c2ccc(F)nc2)c1)O[C@@H]1COc2nc([N+](=O)[O-])cn2C1. The number of nitro groups is 1. The van der Waals surface area contributed by atoms with Crippen LogP contribution in [0, 0.1) is 16.1 Å². The Balaban J connectivity index is 1.39. The minimum absolute atomic E-state index is 0.0306. The van der Waals surface area contributed by atoms with Gasteiger partial charge in [-0.15, -0.1) is 0 Å². The number of nitrogens with zero attached hydrogens (tertiary/aromatic N) is 4. The number of ether oxygens (including phenoxy) is 2. The maximum Gasteiger partial charge on any atom is 0.414 e. The molecule has 3 aromatic rings. The number of amides is 1. The Morgan fingerprint density at radius 3 is 2.97 bits per heavy atom. The zero-order valence-corrected chi connectivity index (χ0v) is 14.8. The molecule has 0 unspecified atom stereocenters. The van der Waals surface area contributed by atoms with E-state index < -0.39 is 23.1 Å². The lowest BCUT2D eigenvalue weighted by Crippen LogP contribution is -2.35. The van der Waals surface area contributed by atoms with Gasteiger partial charge in [0, 0.05) is 22.4 Å². The molecule has 4 rings (SSSR count). The Kier molecular flexibility index (Phi) is 4.77. The van der Waals surface area contributed by atoms with Crippen LogP contribution in [-0.4, -0.2) is 38.3 Å². The summed E-state index contributed by atoms with van der Waals surface area (Å²) in [4.78, 5) is 29.7. The number of nitrogens with one attached hydrogen (secondary N) is 1. The monoisotopic (exact) mass is 399 g/mol. The third kappa shape index (κ3) is 4.13. The Bertz CT molecular complexity index is 1070. The lowest BCUT2D eigenvalue weighted by Gasteiger charge is -2.22. The number of fused-ring (bicyclic) bond motifs is 1. The van der Waals surface area contributed by atoms with Gasteiger partial charge in [0.15, 0.2) is 6.10 Å². The van der Waals surface area contributed by atoms with Crippen LogP contribution in [0.3, 0.4) is 0 Å². The second kappa shape index (κ2) is 7.54. The summed E-state index contributed by atoms with van der Waals surface area (Å²) in [7, 11) is 0. The van der Waals surface area contributed by atoms with E-state index in [0.29, 0.717) is 11.3 Å². The van der Waals surface area contributed by atoms with Crippen molar-refractivity contribution in [3.05, 3.63) is 64.9 Å². The molecule has 148 valence electrons. The lowest BCUT2D eigenvalue weighted by molar-refractivity contribution is -0.389. The third-order valence-corrected chi connectivity index (χ3v) is 4.16. The van der Waals surface area contributed by atoms with Crippen molar-refractivity contribution in [2.24, 2.45) is 0 Å². The highest BCUT2D eigenvalue weighted by atomic mass is 19.1. The molecule has 0 spiro atoms. The second-order valence-corrected chi connectivity index (χ2v) is 6.20. The highest BCUT2D eigenvalue weighted by molar-refractivity contribution is 5.86. The number of hydrogen-bond acceptors (Lipinski definition) is 7. The molecule has 0 aliphatic carbocycles. The Morgan fingerprint density at radius 2 is 2.21 bits per heavy atom. The van der Waals surface area contributed by atoms with Crippen molar-refractivity contribution in [1.29, 1.82) is 0 Å². The van der Waals surface area contributed by atoms with E-state index in [2.05, 4.69) is 15.3 Å². The summed E-state index contributed by atoms with van der Waals surface area (Å²) in [5, 5.41) is 13.4. The molecular weight excluding hydrogens is 385 g/mol. The maximum atomic E-state index is 13.0. The van der Waals surface area contributed by atoms with E-state index in [9.17, 15) is 19.3 Å². The van der Waals surface area contributed by atoms with Crippen molar-refractivity contribution in [3.8, 4) is 17.1 Å². The first kappa shape index (κ1) is 18.3. The highest BCUT2D eigenvalue weighted by Gasteiger charge is 2.29. The fourth-order valence-corrected chi connectivity index (χ4v) is 2.85. The molecule has 2 aromatic heterocycles. The molecule has 11 heteroatoms. The van der Waals surface area contributed by atoms with E-state index in [-0.39, 0.29) is 25.0 Å². The van der Waals surface area contributed by atoms with E-state index >= 15 is 0 Å². The number of benzene rings is 1. The molecule has 10 nitrogen and oxygen atoms in total. The number of aromatic nitrogens is 3. The summed E-state index contributed by atoms with van der Waals surface area (Å²) < 4.78 is 25.0. The van der Waals surface area contributed by atoms with Crippen LogP contribution in [-0.2, 0) is 11.3 Å². The molecule has 1 atom stereocenters. The molecule has 3 heterocycles. The van der Waals surface area contributed by atoms with Crippen LogP contribution in [0.5, 0.6) is 6.01 Å². The second-order valence-electron chi connectivity index (χ2n) is 6.20. The molecule has 0 radical (unpaired) electrons. The van der Waals surface area contributed by atoms with Crippen LogP contribution in [0.4, 0.5) is 20.7 Å². The largest absolute Gasteiger partial charge is 0.442 e. The van der Waals surface area contributed by atoms with E-state index in [1.807, 2.05) is 0 Å². The Morgan fingerprint density at radius 1 is 1.34 bits per heavy atom. The van der Waals surface area contributed by atoms with Crippen molar-refractivity contribution in [2.45, 2.75) is 12.6 Å². The zero-order chi connectivity index (χ0) is 20.4. The summed E-state index contributed by atoms with van der Waals surface area (Å²) in [6.07, 6.45) is 1.28. The van der Waals surface area contributed by atoms with E-state index in [0.717, 1.165) is 5.56 Å². The van der Waals surface area contributed by atoms with Gasteiger partial charge in [-0.3, -0.25) is 9.88 Å². The normalized spacial score (nSPS) is 15.1. The van der Waals surface area contributed by atoms with E-state index in [4.69, 9.17) is 9.47 Å². The van der Waals surface area contributed by atoms with Crippen LogP contribution in [0.1, 0.15) is 0 Å². The van der Waals surface area contributed by atoms with Gasteiger partial charge in [0.1, 0.15) is 12.8 Å². The average Bonchev–Trinajstić information content (AvgIpc) is 3.12. The fourth-order valence-electron chi connectivity index (χ4n) is 2.85. The lowest BCUT2D eigenvalue weighted by atomic mass is 10.1. The number of carbonyl (C=O) groups is 1. The quantitative estimate of drug-likeness (QED) is 0.407. The predicted molar refractivity (Wildman–Crippen MR) is 97.9 cm³/mol. The summed E-state index contributed by atoms with van der Waals surface area (Å²) in [6.45, 7) is 0.216. The molecule has 0 bridgehead atoms. The van der Waals surface area contributed by atoms with Crippen molar-refractivity contribution < 1.29 is 23.6 Å². The molecule has 1 N–H and O–H groups in total. The number of anilines is 1. The molecule has 1 aliphatic heterocycles. The van der Waals surface area contributed by atoms with Crippen molar-refractivity contribution in [3.63, 3.8) is 0 Å². The average molecular weight is 399 g/mol. The number of halogens is 1. The number of hydrogen-bond donors (Lipinski definition) is 1. The first-order valence-corrected chi connectivity index (χ1v) is 8.52. The van der Waals surface area contributed by atoms with Crippen molar-refractivity contribution in [1.82, 2.24) is 14.5 Å². The summed E-state index contributed by atoms with van der Waals surface area (Å²) in [6, 6.07) is 9.85. The van der Waals surface area contributed by atoms with Gasteiger partial charge in [-0.2, -0.15) is 4.39 Å². The van der Waals surface area contributed by atoms with Gasteiger partial charge in [-0.05, 0) is 34.8 Å².